The minimum Gasteiger partial charge on any atom is -0.386 e. The van der Waals surface area contributed by atoms with Crippen molar-refractivity contribution in [3.63, 3.8) is 0 Å². The second-order valence-corrected chi connectivity index (χ2v) is 10.6. The molecule has 5 N–H and O–H groups in total. The van der Waals surface area contributed by atoms with Gasteiger partial charge in [-0.05, 0) is 61.7 Å². The molecule has 166 valence electrons. The molecule has 2 aromatic rings. The third-order valence-electron chi connectivity index (χ3n) is 4.60. The van der Waals surface area contributed by atoms with Gasteiger partial charge in [0.05, 0.1) is 17.7 Å². The molecule has 0 bridgehead atoms. The molecule has 0 aromatic carbocycles. The van der Waals surface area contributed by atoms with Gasteiger partial charge in [-0.3, -0.25) is 4.98 Å². The van der Waals surface area contributed by atoms with E-state index in [1.165, 1.54) is 12.1 Å². The standard InChI is InChI=1S/C18H23F3N4O3S2/c1-17(2,27)10-6-15(29-9-10)30(22,28)25-16(26)24-14-7-11(8-18(19,20)21)23-13-5-3-4-12(13)14/h6-7,9,16,26-27H,3-5,8H2,1-2H3,(H,23,24)(H2,22,25,28). The largest absolute Gasteiger partial charge is 0.394 e. The molecule has 0 amide bonds. The minimum absolute atomic E-state index is 0.165. The van der Waals surface area contributed by atoms with Crippen molar-refractivity contribution in [3.05, 3.63) is 40.0 Å². The van der Waals surface area contributed by atoms with Crippen LogP contribution in [0, 0.1) is 0 Å². The number of aliphatic hydroxyl groups excluding tert-OH is 1. The maximum Gasteiger partial charge on any atom is 0.394 e. The molecule has 30 heavy (non-hydrogen) atoms. The van der Waals surface area contributed by atoms with E-state index < -0.39 is 34.5 Å². The second-order valence-electron chi connectivity index (χ2n) is 7.64. The summed E-state index contributed by atoms with van der Waals surface area (Å²) in [6.45, 7) is 3.13. The van der Waals surface area contributed by atoms with Crippen LogP contribution in [-0.2, 0) is 34.8 Å². The Morgan fingerprint density at radius 1 is 1.37 bits per heavy atom. The van der Waals surface area contributed by atoms with Gasteiger partial charge < -0.3 is 15.5 Å². The number of hydrogen-bond donors (Lipinski definition) is 4. The average Bonchev–Trinajstić information content (AvgIpc) is 3.21. The number of aromatic nitrogens is 1. The molecule has 2 unspecified atom stereocenters. The fourth-order valence-corrected chi connectivity index (χ4v) is 5.55. The van der Waals surface area contributed by atoms with Gasteiger partial charge in [-0.2, -0.15) is 17.5 Å². The number of thiophene rings is 1. The third kappa shape index (κ3) is 5.49. The van der Waals surface area contributed by atoms with Crippen LogP contribution in [-0.4, -0.2) is 31.9 Å². The predicted octanol–water partition coefficient (Wildman–Crippen LogP) is 3.05. The second kappa shape index (κ2) is 8.08. The number of anilines is 1. The molecule has 2 aromatic heterocycles. The zero-order valence-corrected chi connectivity index (χ0v) is 18.0. The highest BCUT2D eigenvalue weighted by Gasteiger charge is 2.30. The Labute approximate surface area is 176 Å². The van der Waals surface area contributed by atoms with Crippen LogP contribution in [0.25, 0.3) is 0 Å². The van der Waals surface area contributed by atoms with Crippen LogP contribution in [0.1, 0.15) is 42.8 Å². The van der Waals surface area contributed by atoms with Crippen LogP contribution in [0.2, 0.25) is 0 Å². The number of nitrogens with two attached hydrogens (primary N) is 1. The van der Waals surface area contributed by atoms with Gasteiger partial charge in [-0.25, -0.2) is 9.35 Å². The molecule has 0 fully saturated rings. The van der Waals surface area contributed by atoms with Gasteiger partial charge in [0, 0.05) is 11.4 Å². The minimum atomic E-state index is -4.41. The predicted molar refractivity (Wildman–Crippen MR) is 108 cm³/mol. The molecule has 0 spiro atoms. The topological polar surface area (TPSA) is 121 Å². The van der Waals surface area contributed by atoms with Crippen molar-refractivity contribution in [3.8, 4) is 0 Å². The molecule has 0 radical (unpaired) electrons. The van der Waals surface area contributed by atoms with E-state index in [2.05, 4.69) is 14.7 Å². The Kier molecular flexibility index (Phi) is 6.18. The summed E-state index contributed by atoms with van der Waals surface area (Å²) in [4.78, 5) is 4.08. The number of alkyl halides is 3. The summed E-state index contributed by atoms with van der Waals surface area (Å²) in [5, 5.41) is 30.3. The summed E-state index contributed by atoms with van der Waals surface area (Å²) < 4.78 is 55.0. The number of rotatable bonds is 6. The molecule has 2 heterocycles. The summed E-state index contributed by atoms with van der Waals surface area (Å²) in [6.07, 6.45) is -5.43. The number of aliphatic hydroxyl groups is 2. The van der Waals surface area contributed by atoms with Crippen LogP contribution in [0.4, 0.5) is 18.9 Å². The molecule has 0 aliphatic heterocycles. The zero-order valence-electron chi connectivity index (χ0n) is 16.4. The van der Waals surface area contributed by atoms with Gasteiger partial charge in [-0.15, -0.1) is 11.3 Å². The highest BCUT2D eigenvalue weighted by Crippen LogP contribution is 2.32. The Morgan fingerprint density at radius 3 is 2.67 bits per heavy atom. The Balaban J connectivity index is 1.87. The van der Waals surface area contributed by atoms with Gasteiger partial charge in [0.1, 0.15) is 14.1 Å². The molecule has 7 nitrogen and oxygen atoms in total. The first-order valence-corrected chi connectivity index (χ1v) is 11.6. The normalized spacial score (nSPS) is 17.3. The number of nitrogens with zero attached hydrogens (tertiary/aromatic N) is 2. The monoisotopic (exact) mass is 464 g/mol. The van der Waals surface area contributed by atoms with Crippen LogP contribution < -0.4 is 10.5 Å². The lowest BCUT2D eigenvalue weighted by atomic mass is 10.0. The SMILES string of the molecule is CC(C)(O)c1csc(S(N)(=O)=NC(O)Nc2cc(CC(F)(F)F)nc3c2CCC3)c1. The lowest BCUT2D eigenvalue weighted by molar-refractivity contribution is -0.127. The van der Waals surface area contributed by atoms with E-state index in [9.17, 15) is 27.6 Å². The van der Waals surface area contributed by atoms with Gasteiger partial charge in [0.2, 0.25) is 6.35 Å². The van der Waals surface area contributed by atoms with E-state index in [0.29, 0.717) is 29.7 Å². The van der Waals surface area contributed by atoms with Crippen LogP contribution in [0.15, 0.2) is 26.1 Å². The first-order valence-electron chi connectivity index (χ1n) is 9.13. The van der Waals surface area contributed by atoms with Crippen molar-refractivity contribution >= 4 is 26.9 Å². The Bertz CT molecular complexity index is 1050. The summed E-state index contributed by atoms with van der Waals surface area (Å²) >= 11 is 1.03. The average molecular weight is 465 g/mol. The number of hydrogen-bond acceptors (Lipinski definition) is 7. The molecule has 3 rings (SSSR count). The Hall–Kier alpha value is -1.73. The van der Waals surface area contributed by atoms with Gasteiger partial charge >= 0.3 is 6.18 Å². The van der Waals surface area contributed by atoms with E-state index in [4.69, 9.17) is 5.14 Å². The number of pyridine rings is 1. The molecule has 0 saturated heterocycles. The van der Waals surface area contributed by atoms with Crippen molar-refractivity contribution in [1.82, 2.24) is 4.98 Å². The summed E-state index contributed by atoms with van der Waals surface area (Å²) in [7, 11) is -3.50. The van der Waals surface area contributed by atoms with Gasteiger partial charge in [0.25, 0.3) is 0 Å². The fourth-order valence-electron chi connectivity index (χ4n) is 3.18. The van der Waals surface area contributed by atoms with Crippen molar-refractivity contribution in [2.24, 2.45) is 9.50 Å². The quantitative estimate of drug-likeness (QED) is 0.490. The molecule has 1 aliphatic rings. The van der Waals surface area contributed by atoms with Crippen molar-refractivity contribution in [1.29, 1.82) is 0 Å². The van der Waals surface area contributed by atoms with E-state index in [1.54, 1.807) is 19.2 Å². The number of nitrogens with one attached hydrogen (secondary N) is 1. The van der Waals surface area contributed by atoms with Gasteiger partial charge in [0.15, 0.2) is 0 Å². The number of aryl methyl sites for hydroxylation is 1. The van der Waals surface area contributed by atoms with Crippen molar-refractivity contribution in [2.75, 3.05) is 5.32 Å². The number of halogens is 3. The molecule has 2 atom stereocenters. The van der Waals surface area contributed by atoms with E-state index in [-0.39, 0.29) is 15.6 Å². The third-order valence-corrected chi connectivity index (χ3v) is 7.53. The van der Waals surface area contributed by atoms with Crippen molar-refractivity contribution < 1.29 is 27.6 Å². The summed E-state index contributed by atoms with van der Waals surface area (Å²) in [5.74, 6) is 0. The van der Waals surface area contributed by atoms with Gasteiger partial charge in [-0.1, -0.05) is 0 Å². The molecule has 12 heteroatoms. The smallest absolute Gasteiger partial charge is 0.386 e. The van der Waals surface area contributed by atoms with Crippen LogP contribution in [0.3, 0.4) is 0 Å². The number of fused-ring (bicyclic) bond motifs is 1. The molecular weight excluding hydrogens is 441 g/mol. The maximum atomic E-state index is 12.8. The first-order chi connectivity index (χ1) is 13.7. The molecule has 1 aliphatic carbocycles. The highest BCUT2D eigenvalue weighted by atomic mass is 32.2. The van der Waals surface area contributed by atoms with Crippen molar-refractivity contribution in [2.45, 2.75) is 61.9 Å². The summed E-state index contributed by atoms with van der Waals surface area (Å²) in [6, 6.07) is 2.68. The Morgan fingerprint density at radius 2 is 2.07 bits per heavy atom. The van der Waals surface area contributed by atoms with E-state index in [1.807, 2.05) is 0 Å². The van der Waals surface area contributed by atoms with E-state index >= 15 is 0 Å². The summed E-state index contributed by atoms with van der Waals surface area (Å²) in [5.41, 5.74) is 0.702. The zero-order chi connectivity index (χ0) is 22.3. The molecule has 0 saturated carbocycles. The first kappa shape index (κ1) is 22.9. The lowest BCUT2D eigenvalue weighted by Gasteiger charge is -2.17. The highest BCUT2D eigenvalue weighted by molar-refractivity contribution is 7.93. The lowest BCUT2D eigenvalue weighted by Crippen LogP contribution is -2.23. The van der Waals surface area contributed by atoms with Crippen LogP contribution >= 0.6 is 11.3 Å². The maximum absolute atomic E-state index is 12.8. The molecular formula is C18H23F3N4O3S2. The van der Waals surface area contributed by atoms with E-state index in [0.717, 1.165) is 17.8 Å². The van der Waals surface area contributed by atoms with Crippen LogP contribution in [0.5, 0.6) is 0 Å². The fraction of sp³-hybridized carbons (Fsp3) is 0.500.